The van der Waals surface area contributed by atoms with E-state index in [0.29, 0.717) is 22.3 Å². The standard InChI is InChI=1S/C18H19ClN4O2S/c19-13-5-7-14(8-6-13)20-15(24)17-22-21-16(26-17)12-2-1-9-23(10-12)18(25)11-3-4-11/h5-8,11-12H,1-4,9-10H2,(H,20,24). The predicted octanol–water partition coefficient (Wildman–Crippen LogP) is 3.56. The molecule has 26 heavy (non-hydrogen) atoms. The Morgan fingerprint density at radius 3 is 2.65 bits per heavy atom. The normalized spacial score (nSPS) is 20.0. The summed E-state index contributed by atoms with van der Waals surface area (Å²) in [6.45, 7) is 1.51. The number of nitrogens with zero attached hydrogens (tertiary/aromatic N) is 3. The summed E-state index contributed by atoms with van der Waals surface area (Å²) in [5, 5.41) is 12.8. The van der Waals surface area contributed by atoms with Crippen molar-refractivity contribution in [2.75, 3.05) is 18.4 Å². The fourth-order valence-electron chi connectivity index (χ4n) is 3.18. The molecule has 6 nitrogen and oxygen atoms in total. The van der Waals surface area contributed by atoms with Gasteiger partial charge in [-0.2, -0.15) is 0 Å². The van der Waals surface area contributed by atoms with E-state index >= 15 is 0 Å². The fourth-order valence-corrected chi connectivity index (χ4v) is 4.17. The highest BCUT2D eigenvalue weighted by Gasteiger charge is 2.36. The van der Waals surface area contributed by atoms with Gasteiger partial charge in [-0.15, -0.1) is 10.2 Å². The molecule has 1 atom stereocenters. The second kappa shape index (κ2) is 7.32. The van der Waals surface area contributed by atoms with Crippen LogP contribution in [0.3, 0.4) is 0 Å². The van der Waals surface area contributed by atoms with Crippen molar-refractivity contribution in [2.24, 2.45) is 5.92 Å². The Labute approximate surface area is 160 Å². The number of rotatable bonds is 4. The highest BCUT2D eigenvalue weighted by molar-refractivity contribution is 7.13. The summed E-state index contributed by atoms with van der Waals surface area (Å²) in [7, 11) is 0. The van der Waals surface area contributed by atoms with E-state index < -0.39 is 0 Å². The molecule has 1 aliphatic heterocycles. The molecule has 2 heterocycles. The van der Waals surface area contributed by atoms with Gasteiger partial charge in [0.05, 0.1) is 0 Å². The number of likely N-dealkylation sites (tertiary alicyclic amines) is 1. The highest BCUT2D eigenvalue weighted by atomic mass is 35.5. The molecule has 2 aliphatic rings. The molecule has 1 saturated heterocycles. The lowest BCUT2D eigenvalue weighted by atomic mass is 9.98. The third-order valence-electron chi connectivity index (χ3n) is 4.75. The van der Waals surface area contributed by atoms with Crippen molar-refractivity contribution in [1.29, 1.82) is 0 Å². The van der Waals surface area contributed by atoms with Crippen LogP contribution in [0.1, 0.15) is 46.4 Å². The Hall–Kier alpha value is -1.99. The molecular formula is C18H19ClN4O2S. The summed E-state index contributed by atoms with van der Waals surface area (Å²) in [6.07, 6.45) is 3.98. The molecule has 1 aromatic carbocycles. The number of anilines is 1. The second-order valence-electron chi connectivity index (χ2n) is 6.80. The van der Waals surface area contributed by atoms with Crippen molar-refractivity contribution in [2.45, 2.75) is 31.6 Å². The van der Waals surface area contributed by atoms with Crippen LogP contribution in [0.15, 0.2) is 24.3 Å². The minimum absolute atomic E-state index is 0.168. The lowest BCUT2D eigenvalue weighted by molar-refractivity contribution is -0.133. The van der Waals surface area contributed by atoms with Crippen LogP contribution in [0.5, 0.6) is 0 Å². The van der Waals surface area contributed by atoms with Gasteiger partial charge in [-0.1, -0.05) is 22.9 Å². The van der Waals surface area contributed by atoms with Crippen molar-refractivity contribution in [1.82, 2.24) is 15.1 Å². The van der Waals surface area contributed by atoms with E-state index in [-0.39, 0.29) is 23.7 Å². The topological polar surface area (TPSA) is 75.2 Å². The Morgan fingerprint density at radius 1 is 1.15 bits per heavy atom. The number of benzene rings is 1. The fraction of sp³-hybridized carbons (Fsp3) is 0.444. The maximum absolute atomic E-state index is 12.4. The molecule has 4 rings (SSSR count). The Morgan fingerprint density at radius 2 is 1.92 bits per heavy atom. The average Bonchev–Trinajstić information content (AvgIpc) is 3.39. The molecule has 2 aromatic rings. The van der Waals surface area contributed by atoms with Gasteiger partial charge in [0.2, 0.25) is 10.9 Å². The van der Waals surface area contributed by atoms with Crippen LogP contribution in [0.25, 0.3) is 0 Å². The van der Waals surface area contributed by atoms with E-state index in [1.165, 1.54) is 11.3 Å². The van der Waals surface area contributed by atoms with Crippen LogP contribution in [0.2, 0.25) is 5.02 Å². The van der Waals surface area contributed by atoms with Crippen LogP contribution < -0.4 is 5.32 Å². The summed E-state index contributed by atoms with van der Waals surface area (Å²) in [5.41, 5.74) is 0.662. The summed E-state index contributed by atoms with van der Waals surface area (Å²) >= 11 is 7.16. The second-order valence-corrected chi connectivity index (χ2v) is 8.25. The van der Waals surface area contributed by atoms with Crippen molar-refractivity contribution >= 4 is 40.4 Å². The van der Waals surface area contributed by atoms with Gasteiger partial charge in [0.15, 0.2) is 0 Å². The maximum atomic E-state index is 12.4. The van der Waals surface area contributed by atoms with E-state index in [0.717, 1.165) is 37.2 Å². The molecule has 1 unspecified atom stereocenters. The molecule has 2 fully saturated rings. The van der Waals surface area contributed by atoms with Gasteiger partial charge in [0.1, 0.15) is 5.01 Å². The zero-order valence-corrected chi connectivity index (χ0v) is 15.7. The van der Waals surface area contributed by atoms with E-state index in [9.17, 15) is 9.59 Å². The minimum atomic E-state index is -0.280. The predicted molar refractivity (Wildman–Crippen MR) is 101 cm³/mol. The third-order valence-corrected chi connectivity index (χ3v) is 6.08. The number of nitrogens with one attached hydrogen (secondary N) is 1. The molecule has 0 radical (unpaired) electrons. The first kappa shape index (κ1) is 17.4. The van der Waals surface area contributed by atoms with Crippen molar-refractivity contribution in [3.8, 4) is 0 Å². The molecule has 8 heteroatoms. The number of carbonyl (C=O) groups is 2. The molecule has 1 saturated carbocycles. The van der Waals surface area contributed by atoms with Crippen molar-refractivity contribution in [3.05, 3.63) is 39.3 Å². The summed E-state index contributed by atoms with van der Waals surface area (Å²) in [6, 6.07) is 6.92. The van der Waals surface area contributed by atoms with Crippen LogP contribution in [-0.4, -0.2) is 40.0 Å². The number of carbonyl (C=O) groups excluding carboxylic acids is 2. The Bertz CT molecular complexity index is 819. The lowest BCUT2D eigenvalue weighted by Gasteiger charge is -2.31. The Kier molecular flexibility index (Phi) is 4.91. The molecular weight excluding hydrogens is 372 g/mol. The number of amides is 2. The maximum Gasteiger partial charge on any atom is 0.286 e. The number of hydrogen-bond acceptors (Lipinski definition) is 5. The smallest absolute Gasteiger partial charge is 0.286 e. The van der Waals surface area contributed by atoms with Crippen molar-refractivity contribution < 1.29 is 9.59 Å². The number of halogens is 1. The highest BCUT2D eigenvalue weighted by Crippen LogP contribution is 2.35. The van der Waals surface area contributed by atoms with Gasteiger partial charge in [-0.05, 0) is 49.9 Å². The molecule has 1 aliphatic carbocycles. The van der Waals surface area contributed by atoms with E-state index in [1.54, 1.807) is 24.3 Å². The van der Waals surface area contributed by atoms with E-state index in [4.69, 9.17) is 11.6 Å². The van der Waals surface area contributed by atoms with Gasteiger partial charge in [0.25, 0.3) is 5.91 Å². The SMILES string of the molecule is O=C(Nc1ccc(Cl)cc1)c1nnc(C2CCCN(C(=O)C3CC3)C2)s1. The molecule has 1 N–H and O–H groups in total. The molecule has 2 amide bonds. The zero-order chi connectivity index (χ0) is 18.1. The van der Waals surface area contributed by atoms with E-state index in [1.807, 2.05) is 4.90 Å². The van der Waals surface area contributed by atoms with E-state index in [2.05, 4.69) is 15.5 Å². The summed E-state index contributed by atoms with van der Waals surface area (Å²) < 4.78 is 0. The number of aromatic nitrogens is 2. The quantitative estimate of drug-likeness (QED) is 0.866. The zero-order valence-electron chi connectivity index (χ0n) is 14.2. The van der Waals surface area contributed by atoms with Crippen LogP contribution in [0.4, 0.5) is 5.69 Å². The average molecular weight is 391 g/mol. The third kappa shape index (κ3) is 3.88. The minimum Gasteiger partial charge on any atom is -0.342 e. The van der Waals surface area contributed by atoms with Crippen LogP contribution in [-0.2, 0) is 4.79 Å². The van der Waals surface area contributed by atoms with Gasteiger partial charge in [-0.3, -0.25) is 9.59 Å². The number of hydrogen-bond donors (Lipinski definition) is 1. The summed E-state index contributed by atoms with van der Waals surface area (Å²) in [5.74, 6) is 0.405. The van der Waals surface area contributed by atoms with Crippen LogP contribution >= 0.6 is 22.9 Å². The van der Waals surface area contributed by atoms with Crippen LogP contribution in [0, 0.1) is 5.92 Å². The van der Waals surface area contributed by atoms with Gasteiger partial charge >= 0.3 is 0 Å². The first-order chi connectivity index (χ1) is 12.6. The molecule has 0 bridgehead atoms. The number of piperidine rings is 1. The Balaban J connectivity index is 1.41. The lowest BCUT2D eigenvalue weighted by Crippen LogP contribution is -2.39. The van der Waals surface area contributed by atoms with Gasteiger partial charge < -0.3 is 10.2 Å². The molecule has 1 aromatic heterocycles. The first-order valence-electron chi connectivity index (χ1n) is 8.79. The van der Waals surface area contributed by atoms with Gasteiger partial charge in [0, 0.05) is 35.6 Å². The monoisotopic (exact) mass is 390 g/mol. The molecule has 0 spiro atoms. The van der Waals surface area contributed by atoms with Crippen molar-refractivity contribution in [3.63, 3.8) is 0 Å². The molecule has 136 valence electrons. The summed E-state index contributed by atoms with van der Waals surface area (Å²) in [4.78, 5) is 26.6. The largest absolute Gasteiger partial charge is 0.342 e. The van der Waals surface area contributed by atoms with Gasteiger partial charge in [-0.25, -0.2) is 0 Å². The first-order valence-corrected chi connectivity index (χ1v) is 9.98.